The highest BCUT2D eigenvalue weighted by Crippen LogP contribution is 2.67. The van der Waals surface area contributed by atoms with Gasteiger partial charge >= 0.3 is 0 Å². The molecule has 7 atom stereocenters. The van der Waals surface area contributed by atoms with Gasteiger partial charge in [0, 0.05) is 11.8 Å². The molecule has 0 aromatic carbocycles. The zero-order valence-corrected chi connectivity index (χ0v) is 15.5. The summed E-state index contributed by atoms with van der Waals surface area (Å²) in [7, 11) is 0. The number of fused-ring (bicyclic) bond motifs is 5. The van der Waals surface area contributed by atoms with Gasteiger partial charge in [0.1, 0.15) is 11.8 Å². The van der Waals surface area contributed by atoms with Gasteiger partial charge in [-0.1, -0.05) is 13.8 Å². The van der Waals surface area contributed by atoms with Crippen LogP contribution >= 0.6 is 0 Å². The average molecular weight is 348 g/mol. The SMILES string of the molecule is CC(=O)[C@]1(O)CC[C@H]2[C@H]3CC(F)C4=CC(=O)CC[C@]4(C)[C@H]3CC[C@@]21C. The van der Waals surface area contributed by atoms with E-state index in [1.54, 1.807) is 6.08 Å². The van der Waals surface area contributed by atoms with Crippen LogP contribution in [-0.4, -0.2) is 28.4 Å². The molecule has 25 heavy (non-hydrogen) atoms. The summed E-state index contributed by atoms with van der Waals surface area (Å²) >= 11 is 0. The van der Waals surface area contributed by atoms with E-state index in [1.165, 1.54) is 6.92 Å². The molecule has 0 bridgehead atoms. The lowest BCUT2D eigenvalue weighted by atomic mass is 9.46. The summed E-state index contributed by atoms with van der Waals surface area (Å²) in [5.41, 5.74) is -1.22. The molecule has 0 aliphatic heterocycles. The highest BCUT2D eigenvalue weighted by atomic mass is 19.1. The third-order valence-electron chi connectivity index (χ3n) is 8.67. The first-order valence-electron chi connectivity index (χ1n) is 9.76. The van der Waals surface area contributed by atoms with E-state index < -0.39 is 17.2 Å². The minimum Gasteiger partial charge on any atom is -0.382 e. The third kappa shape index (κ3) is 2.06. The van der Waals surface area contributed by atoms with E-state index in [9.17, 15) is 14.7 Å². The first kappa shape index (κ1) is 17.4. The topological polar surface area (TPSA) is 54.4 Å². The number of allylic oxidation sites excluding steroid dienone is 1. The summed E-state index contributed by atoms with van der Waals surface area (Å²) in [5, 5.41) is 11.1. The molecule has 138 valence electrons. The quantitative estimate of drug-likeness (QED) is 0.784. The Morgan fingerprint density at radius 2 is 1.88 bits per heavy atom. The molecular formula is C21H29FO3. The number of alkyl halides is 1. The molecule has 1 unspecified atom stereocenters. The first-order chi connectivity index (χ1) is 11.6. The van der Waals surface area contributed by atoms with Crippen LogP contribution in [0.4, 0.5) is 4.39 Å². The van der Waals surface area contributed by atoms with Gasteiger partial charge in [0.05, 0.1) is 0 Å². The smallest absolute Gasteiger partial charge is 0.161 e. The Bertz CT molecular complexity index is 670. The number of hydrogen-bond acceptors (Lipinski definition) is 3. The van der Waals surface area contributed by atoms with Gasteiger partial charge in [-0.05, 0) is 80.3 Å². The Morgan fingerprint density at radius 3 is 2.56 bits per heavy atom. The molecule has 3 nitrogen and oxygen atoms in total. The van der Waals surface area contributed by atoms with Crippen LogP contribution in [0.2, 0.25) is 0 Å². The Kier molecular flexibility index (Phi) is 3.65. The number of carbonyl (C=O) groups is 2. The lowest BCUT2D eigenvalue weighted by molar-refractivity contribution is -0.161. The fraction of sp³-hybridized carbons (Fsp3) is 0.810. The molecule has 4 rings (SSSR count). The van der Waals surface area contributed by atoms with Gasteiger partial charge in [-0.15, -0.1) is 0 Å². The van der Waals surface area contributed by atoms with Crippen molar-refractivity contribution >= 4 is 11.6 Å². The average Bonchev–Trinajstić information content (AvgIpc) is 2.83. The zero-order valence-electron chi connectivity index (χ0n) is 15.5. The van der Waals surface area contributed by atoms with Crippen molar-refractivity contribution in [2.24, 2.45) is 28.6 Å². The molecular weight excluding hydrogens is 319 g/mol. The number of aliphatic hydroxyl groups is 1. The van der Waals surface area contributed by atoms with Gasteiger partial charge in [-0.3, -0.25) is 9.59 Å². The van der Waals surface area contributed by atoms with Gasteiger partial charge < -0.3 is 5.11 Å². The molecule has 0 heterocycles. The van der Waals surface area contributed by atoms with Crippen molar-refractivity contribution in [1.29, 1.82) is 0 Å². The lowest BCUT2D eigenvalue weighted by Gasteiger charge is -2.59. The molecule has 0 amide bonds. The monoisotopic (exact) mass is 348 g/mol. The molecule has 0 aromatic rings. The van der Waals surface area contributed by atoms with Crippen LogP contribution in [-0.2, 0) is 9.59 Å². The first-order valence-corrected chi connectivity index (χ1v) is 9.76. The highest BCUT2D eigenvalue weighted by molar-refractivity contribution is 5.92. The second-order valence-electron chi connectivity index (χ2n) is 9.47. The van der Waals surface area contributed by atoms with Crippen LogP contribution in [0.3, 0.4) is 0 Å². The Labute approximate surface area is 149 Å². The second-order valence-corrected chi connectivity index (χ2v) is 9.47. The largest absolute Gasteiger partial charge is 0.382 e. The predicted molar refractivity (Wildman–Crippen MR) is 92.6 cm³/mol. The number of ketones is 2. The molecule has 4 aliphatic carbocycles. The summed E-state index contributed by atoms with van der Waals surface area (Å²) in [6, 6.07) is 0. The van der Waals surface area contributed by atoms with Crippen LogP contribution in [0.5, 0.6) is 0 Å². The Hall–Kier alpha value is -1.03. The number of hydrogen-bond donors (Lipinski definition) is 1. The normalized spacial score (nSPS) is 52.0. The molecule has 3 saturated carbocycles. The summed E-state index contributed by atoms with van der Waals surface area (Å²) in [6.45, 7) is 5.69. The molecule has 0 aromatic heterocycles. The fourth-order valence-electron chi connectivity index (χ4n) is 7.15. The van der Waals surface area contributed by atoms with Crippen LogP contribution in [0.1, 0.15) is 65.7 Å². The summed E-state index contributed by atoms with van der Waals surface area (Å²) < 4.78 is 15.1. The number of Topliss-reactive ketones (excluding diaryl/α,β-unsaturated/α-hetero) is 1. The van der Waals surface area contributed by atoms with Crippen molar-refractivity contribution in [2.45, 2.75) is 77.5 Å². The van der Waals surface area contributed by atoms with Crippen molar-refractivity contribution < 1.29 is 19.1 Å². The summed E-state index contributed by atoms with van der Waals surface area (Å²) in [5.74, 6) is 0.651. The number of halogens is 1. The second kappa shape index (κ2) is 5.25. The van der Waals surface area contributed by atoms with Crippen molar-refractivity contribution in [1.82, 2.24) is 0 Å². The maximum atomic E-state index is 15.1. The van der Waals surface area contributed by atoms with Crippen molar-refractivity contribution in [3.05, 3.63) is 11.6 Å². The standard InChI is InChI=1S/C21H29FO3/c1-12(23)21(25)9-6-16-14-11-18(22)17-10-13(24)4-7-19(17,2)15(14)5-8-20(16,21)3/h10,14-16,18,25H,4-9,11H2,1-3H3/t14-,15-,16-,18?,19+,20-,21+/m0/s1. The molecule has 1 N–H and O–H groups in total. The maximum Gasteiger partial charge on any atom is 0.161 e. The van der Waals surface area contributed by atoms with E-state index >= 15 is 4.39 Å². The van der Waals surface area contributed by atoms with Gasteiger partial charge in [0.15, 0.2) is 11.6 Å². The maximum absolute atomic E-state index is 15.1. The van der Waals surface area contributed by atoms with E-state index in [4.69, 9.17) is 0 Å². The van der Waals surface area contributed by atoms with E-state index in [-0.39, 0.29) is 28.8 Å². The third-order valence-corrected chi connectivity index (χ3v) is 8.67. The van der Waals surface area contributed by atoms with E-state index in [0.717, 1.165) is 25.7 Å². The Morgan fingerprint density at radius 1 is 1.20 bits per heavy atom. The Balaban J connectivity index is 1.73. The highest BCUT2D eigenvalue weighted by Gasteiger charge is 2.66. The van der Waals surface area contributed by atoms with Gasteiger partial charge in [0.2, 0.25) is 0 Å². The van der Waals surface area contributed by atoms with Crippen LogP contribution in [0.25, 0.3) is 0 Å². The van der Waals surface area contributed by atoms with Crippen LogP contribution in [0, 0.1) is 28.6 Å². The lowest BCUT2D eigenvalue weighted by Crippen LogP contribution is -2.58. The minimum atomic E-state index is -1.26. The van der Waals surface area contributed by atoms with Crippen molar-refractivity contribution in [2.75, 3.05) is 0 Å². The molecule has 0 saturated heterocycles. The van der Waals surface area contributed by atoms with Crippen LogP contribution < -0.4 is 0 Å². The number of rotatable bonds is 1. The zero-order chi connectivity index (χ0) is 18.2. The van der Waals surface area contributed by atoms with E-state index in [1.807, 2.05) is 6.92 Å². The molecule has 0 radical (unpaired) electrons. The molecule has 0 spiro atoms. The van der Waals surface area contributed by atoms with Gasteiger partial charge in [-0.2, -0.15) is 0 Å². The van der Waals surface area contributed by atoms with E-state index in [2.05, 4.69) is 6.92 Å². The predicted octanol–water partition coefficient (Wildman–Crippen LogP) is 3.79. The molecule has 4 aliphatic rings. The van der Waals surface area contributed by atoms with Gasteiger partial charge in [-0.25, -0.2) is 4.39 Å². The number of carbonyl (C=O) groups excluding carboxylic acids is 2. The van der Waals surface area contributed by atoms with E-state index in [0.29, 0.717) is 30.8 Å². The van der Waals surface area contributed by atoms with Crippen molar-refractivity contribution in [3.8, 4) is 0 Å². The van der Waals surface area contributed by atoms with Crippen molar-refractivity contribution in [3.63, 3.8) is 0 Å². The van der Waals surface area contributed by atoms with Crippen LogP contribution in [0.15, 0.2) is 11.6 Å². The fourth-order valence-corrected chi connectivity index (χ4v) is 7.15. The summed E-state index contributed by atoms with van der Waals surface area (Å²) in [6.07, 6.45) is 5.21. The molecule has 3 fully saturated rings. The summed E-state index contributed by atoms with van der Waals surface area (Å²) in [4.78, 5) is 24.1. The minimum absolute atomic E-state index is 0.0565. The molecule has 4 heteroatoms. The van der Waals surface area contributed by atoms with Gasteiger partial charge in [0.25, 0.3) is 0 Å².